The maximum Gasteiger partial charge on any atom is 0.294 e. The number of carbonyl (C=O) groups is 3. The van der Waals surface area contributed by atoms with Crippen LogP contribution in [0.15, 0.2) is 65.3 Å². The lowest BCUT2D eigenvalue weighted by atomic mass is 10.0. The van der Waals surface area contributed by atoms with Gasteiger partial charge in [-0.3, -0.25) is 19.3 Å². The Morgan fingerprint density at radius 2 is 1.67 bits per heavy atom. The molecule has 1 aliphatic carbocycles. The van der Waals surface area contributed by atoms with Crippen molar-refractivity contribution in [2.45, 2.75) is 44.7 Å². The fourth-order valence-corrected chi connectivity index (χ4v) is 4.55. The van der Waals surface area contributed by atoms with E-state index in [1.54, 1.807) is 54.6 Å². The maximum absolute atomic E-state index is 13.9. The molecule has 0 saturated heterocycles. The third-order valence-corrected chi connectivity index (χ3v) is 6.43. The molecular weight excluding hydrogens is 460 g/mol. The van der Waals surface area contributed by atoms with E-state index in [1.165, 1.54) is 32.3 Å². The molecule has 8 heteroatoms. The van der Waals surface area contributed by atoms with Gasteiger partial charge in [0.1, 0.15) is 6.04 Å². The SMILES string of the molecule is COc1ccc([C@H](C(=O)NC2CCCC2)N(C(=O)c2ccco2)c2ccc(C(C)=O)cc2)cc1OC. The number of benzene rings is 2. The standard InChI is InChI=1S/C28H30N2O6/c1-18(31)19-10-13-22(14-11-19)30(28(33)24-9-6-16-36-24)26(27(32)29-21-7-4-5-8-21)20-12-15-23(34-2)25(17-20)35-3/h6,9-17,21,26H,4-5,7-8H2,1-3H3,(H,29,32)/t26-/m1/s1. The first kappa shape index (κ1) is 25.0. The molecule has 1 saturated carbocycles. The second kappa shape index (κ2) is 11.1. The number of ketones is 1. The number of rotatable bonds is 9. The number of ether oxygens (including phenoxy) is 2. The average molecular weight is 491 g/mol. The topological polar surface area (TPSA) is 98.1 Å². The van der Waals surface area contributed by atoms with Crippen molar-refractivity contribution >= 4 is 23.3 Å². The molecule has 8 nitrogen and oxygen atoms in total. The number of nitrogens with one attached hydrogen (secondary N) is 1. The summed E-state index contributed by atoms with van der Waals surface area (Å²) in [4.78, 5) is 40.9. The van der Waals surface area contributed by atoms with Gasteiger partial charge in [-0.15, -0.1) is 0 Å². The minimum absolute atomic E-state index is 0.0424. The molecule has 0 aliphatic heterocycles. The van der Waals surface area contributed by atoms with Gasteiger partial charge in [-0.2, -0.15) is 0 Å². The van der Waals surface area contributed by atoms with Crippen LogP contribution < -0.4 is 19.7 Å². The number of nitrogens with zero attached hydrogens (tertiary/aromatic N) is 1. The molecule has 0 bridgehead atoms. The Balaban J connectivity index is 1.85. The van der Waals surface area contributed by atoms with Crippen LogP contribution in [0.4, 0.5) is 5.69 Å². The number of methoxy groups -OCH3 is 2. The molecule has 4 rings (SSSR count). The highest BCUT2D eigenvalue weighted by molar-refractivity contribution is 6.09. The third-order valence-electron chi connectivity index (χ3n) is 6.43. The van der Waals surface area contributed by atoms with E-state index in [0.29, 0.717) is 28.3 Å². The van der Waals surface area contributed by atoms with Crippen LogP contribution in [-0.4, -0.2) is 37.9 Å². The van der Waals surface area contributed by atoms with E-state index in [9.17, 15) is 14.4 Å². The van der Waals surface area contributed by atoms with Crippen LogP contribution >= 0.6 is 0 Å². The lowest BCUT2D eigenvalue weighted by molar-refractivity contribution is -0.123. The number of carbonyl (C=O) groups excluding carboxylic acids is 3. The molecule has 1 aliphatic rings. The van der Waals surface area contributed by atoms with E-state index >= 15 is 0 Å². The lowest BCUT2D eigenvalue weighted by Gasteiger charge is -2.32. The zero-order valence-electron chi connectivity index (χ0n) is 20.7. The van der Waals surface area contributed by atoms with Gasteiger partial charge < -0.3 is 19.2 Å². The molecule has 0 spiro atoms. The predicted molar refractivity (Wildman–Crippen MR) is 135 cm³/mol. The molecule has 2 amide bonds. The van der Waals surface area contributed by atoms with Crippen molar-refractivity contribution < 1.29 is 28.3 Å². The predicted octanol–water partition coefficient (Wildman–Crippen LogP) is 4.95. The Morgan fingerprint density at radius 1 is 0.972 bits per heavy atom. The van der Waals surface area contributed by atoms with Gasteiger partial charge in [-0.25, -0.2) is 0 Å². The summed E-state index contributed by atoms with van der Waals surface area (Å²) in [5, 5.41) is 3.13. The smallest absolute Gasteiger partial charge is 0.294 e. The first-order chi connectivity index (χ1) is 17.4. The van der Waals surface area contributed by atoms with Gasteiger partial charge in [-0.1, -0.05) is 18.9 Å². The first-order valence-corrected chi connectivity index (χ1v) is 11.9. The summed E-state index contributed by atoms with van der Waals surface area (Å²) in [6.07, 6.45) is 5.29. The van der Waals surface area contributed by atoms with E-state index < -0.39 is 11.9 Å². The minimum Gasteiger partial charge on any atom is -0.493 e. The highest BCUT2D eigenvalue weighted by atomic mass is 16.5. The lowest BCUT2D eigenvalue weighted by Crippen LogP contribution is -2.46. The van der Waals surface area contributed by atoms with Crippen LogP contribution in [0.3, 0.4) is 0 Å². The van der Waals surface area contributed by atoms with Crippen molar-refractivity contribution in [3.05, 3.63) is 77.7 Å². The highest BCUT2D eigenvalue weighted by Gasteiger charge is 2.36. The monoisotopic (exact) mass is 490 g/mol. The quantitative estimate of drug-likeness (QED) is 0.427. The fraction of sp³-hybridized carbons (Fsp3) is 0.321. The molecule has 1 N–H and O–H groups in total. The van der Waals surface area contributed by atoms with Crippen LogP contribution in [0.5, 0.6) is 11.5 Å². The van der Waals surface area contributed by atoms with Gasteiger partial charge in [0.2, 0.25) is 5.91 Å². The van der Waals surface area contributed by atoms with Crippen molar-refractivity contribution in [1.29, 1.82) is 0 Å². The molecule has 1 heterocycles. The largest absolute Gasteiger partial charge is 0.493 e. The molecule has 0 radical (unpaired) electrons. The Bertz CT molecular complexity index is 1210. The van der Waals surface area contributed by atoms with E-state index in [0.717, 1.165) is 25.7 Å². The van der Waals surface area contributed by atoms with E-state index in [1.807, 2.05) is 0 Å². The van der Waals surface area contributed by atoms with Crippen LogP contribution in [0.1, 0.15) is 65.1 Å². The zero-order chi connectivity index (χ0) is 25.7. The van der Waals surface area contributed by atoms with Gasteiger partial charge in [0.25, 0.3) is 5.91 Å². The van der Waals surface area contributed by atoms with Crippen LogP contribution in [0.25, 0.3) is 0 Å². The van der Waals surface area contributed by atoms with Crippen molar-refractivity contribution in [2.75, 3.05) is 19.1 Å². The van der Waals surface area contributed by atoms with Crippen molar-refractivity contribution in [2.24, 2.45) is 0 Å². The molecule has 1 atom stereocenters. The number of hydrogen-bond donors (Lipinski definition) is 1. The number of amides is 2. The van der Waals surface area contributed by atoms with Gasteiger partial charge in [0, 0.05) is 17.3 Å². The number of furan rings is 1. The summed E-state index contributed by atoms with van der Waals surface area (Å²) in [6, 6.07) is 13.9. The molecule has 1 aromatic heterocycles. The van der Waals surface area contributed by atoms with Gasteiger partial charge in [-0.05, 0) is 73.9 Å². The molecular formula is C28H30N2O6. The number of Topliss-reactive ketones (excluding diaryl/α,β-unsaturated/α-hetero) is 1. The summed E-state index contributed by atoms with van der Waals surface area (Å²) in [7, 11) is 3.05. The molecule has 3 aromatic rings. The Labute approximate surface area is 210 Å². The molecule has 2 aromatic carbocycles. The Morgan fingerprint density at radius 3 is 2.25 bits per heavy atom. The number of anilines is 1. The van der Waals surface area contributed by atoms with Crippen LogP contribution in [0, 0.1) is 0 Å². The first-order valence-electron chi connectivity index (χ1n) is 11.9. The van der Waals surface area contributed by atoms with E-state index in [-0.39, 0.29) is 23.5 Å². The summed E-state index contributed by atoms with van der Waals surface area (Å²) < 4.78 is 16.3. The molecule has 188 valence electrons. The second-order valence-electron chi connectivity index (χ2n) is 8.76. The summed E-state index contributed by atoms with van der Waals surface area (Å²) in [5.74, 6) is 0.129. The molecule has 1 fully saturated rings. The van der Waals surface area contributed by atoms with E-state index in [4.69, 9.17) is 13.9 Å². The summed E-state index contributed by atoms with van der Waals surface area (Å²) in [6.45, 7) is 1.47. The highest BCUT2D eigenvalue weighted by Crippen LogP contribution is 2.36. The van der Waals surface area contributed by atoms with Crippen molar-refractivity contribution in [3.8, 4) is 11.5 Å². The third kappa shape index (κ3) is 5.27. The molecule has 0 unspecified atom stereocenters. The minimum atomic E-state index is -1.04. The van der Waals surface area contributed by atoms with Gasteiger partial charge in [0.05, 0.1) is 20.5 Å². The van der Waals surface area contributed by atoms with Crippen LogP contribution in [0.2, 0.25) is 0 Å². The van der Waals surface area contributed by atoms with Crippen LogP contribution in [-0.2, 0) is 4.79 Å². The normalized spacial score (nSPS) is 14.2. The Kier molecular flexibility index (Phi) is 7.73. The van der Waals surface area contributed by atoms with Crippen molar-refractivity contribution in [1.82, 2.24) is 5.32 Å². The zero-order valence-corrected chi connectivity index (χ0v) is 20.7. The van der Waals surface area contributed by atoms with Gasteiger partial charge in [0.15, 0.2) is 23.0 Å². The Hall–Kier alpha value is -4.07. The maximum atomic E-state index is 13.9. The van der Waals surface area contributed by atoms with Crippen molar-refractivity contribution in [3.63, 3.8) is 0 Å². The number of hydrogen-bond acceptors (Lipinski definition) is 6. The van der Waals surface area contributed by atoms with Gasteiger partial charge >= 0.3 is 0 Å². The fourth-order valence-electron chi connectivity index (χ4n) is 4.55. The second-order valence-corrected chi connectivity index (χ2v) is 8.76. The average Bonchev–Trinajstić information content (AvgIpc) is 3.61. The summed E-state index contributed by atoms with van der Waals surface area (Å²) in [5.41, 5.74) is 1.49. The molecule has 36 heavy (non-hydrogen) atoms. The van der Waals surface area contributed by atoms with E-state index in [2.05, 4.69) is 5.32 Å². The summed E-state index contributed by atoms with van der Waals surface area (Å²) >= 11 is 0.